The molecule has 6 nitrogen and oxygen atoms in total. The van der Waals surface area contributed by atoms with Crippen LogP contribution in [0, 0.1) is 5.92 Å². The maximum Gasteiger partial charge on any atom is 0.251 e. The average Bonchev–Trinajstić information content (AvgIpc) is 3.48. The molecule has 0 radical (unpaired) electrons. The maximum absolute atomic E-state index is 12.1. The molecule has 0 bridgehead atoms. The van der Waals surface area contributed by atoms with Gasteiger partial charge in [-0.15, -0.1) is 24.0 Å². The minimum atomic E-state index is -0.0250. The molecule has 27 heavy (non-hydrogen) atoms. The third kappa shape index (κ3) is 8.92. The zero-order valence-electron chi connectivity index (χ0n) is 16.7. The fraction of sp³-hybridized carbons (Fsp3) is 0.600. The van der Waals surface area contributed by atoms with Crippen LogP contribution in [0.3, 0.4) is 0 Å². The molecule has 0 saturated heterocycles. The molecule has 2 rings (SSSR count). The van der Waals surface area contributed by atoms with Crippen molar-refractivity contribution in [1.82, 2.24) is 15.5 Å². The molecule has 1 aromatic carbocycles. The molecular formula is C20H33IN4O2. The van der Waals surface area contributed by atoms with E-state index in [2.05, 4.69) is 20.5 Å². The van der Waals surface area contributed by atoms with Crippen LogP contribution >= 0.6 is 24.0 Å². The van der Waals surface area contributed by atoms with Crippen molar-refractivity contribution in [3.8, 4) is 0 Å². The first-order chi connectivity index (χ1) is 12.6. The van der Waals surface area contributed by atoms with Gasteiger partial charge in [0.1, 0.15) is 0 Å². The molecule has 0 heterocycles. The van der Waals surface area contributed by atoms with Crippen LogP contribution < -0.4 is 10.6 Å². The molecular weight excluding hydrogens is 455 g/mol. The topological polar surface area (TPSA) is 66.0 Å². The number of hydrogen-bond donors (Lipinski definition) is 2. The van der Waals surface area contributed by atoms with E-state index in [9.17, 15) is 4.79 Å². The summed E-state index contributed by atoms with van der Waals surface area (Å²) in [5, 5.41) is 6.25. The third-order valence-corrected chi connectivity index (χ3v) is 4.37. The quantitative estimate of drug-likeness (QED) is 0.230. The molecule has 1 aromatic rings. The van der Waals surface area contributed by atoms with Gasteiger partial charge in [-0.1, -0.05) is 19.1 Å². The molecule has 7 heteroatoms. The summed E-state index contributed by atoms with van der Waals surface area (Å²) < 4.78 is 5.69. The van der Waals surface area contributed by atoms with E-state index in [1.54, 1.807) is 7.05 Å². The van der Waals surface area contributed by atoms with Gasteiger partial charge in [-0.25, -0.2) is 0 Å². The van der Waals surface area contributed by atoms with Crippen LogP contribution in [0.2, 0.25) is 0 Å². The lowest BCUT2D eigenvalue weighted by molar-refractivity contribution is 0.0953. The SMILES string of the molecule is CCCNC(=O)c1cccc(CNC(=NC)N(C)CCOCC2CC2)c1.I. The van der Waals surface area contributed by atoms with Crippen LogP contribution in [0.5, 0.6) is 0 Å². The summed E-state index contributed by atoms with van der Waals surface area (Å²) in [5.41, 5.74) is 1.74. The van der Waals surface area contributed by atoms with E-state index in [4.69, 9.17) is 4.74 Å². The normalized spacial score (nSPS) is 13.7. The Kier molecular flexibility index (Phi) is 11.3. The van der Waals surface area contributed by atoms with Gasteiger partial charge in [0.2, 0.25) is 0 Å². The van der Waals surface area contributed by atoms with Crippen molar-refractivity contribution < 1.29 is 9.53 Å². The number of ether oxygens (including phenoxy) is 1. The molecule has 1 fully saturated rings. The fourth-order valence-electron chi connectivity index (χ4n) is 2.57. The summed E-state index contributed by atoms with van der Waals surface area (Å²) in [6.07, 6.45) is 3.56. The number of amides is 1. The van der Waals surface area contributed by atoms with Gasteiger partial charge in [0, 0.05) is 45.9 Å². The number of carbonyl (C=O) groups is 1. The summed E-state index contributed by atoms with van der Waals surface area (Å²) >= 11 is 0. The second kappa shape index (κ2) is 12.9. The largest absolute Gasteiger partial charge is 0.379 e. The predicted molar refractivity (Wildman–Crippen MR) is 121 cm³/mol. The number of rotatable bonds is 10. The molecule has 1 aliphatic rings. The minimum Gasteiger partial charge on any atom is -0.379 e. The van der Waals surface area contributed by atoms with Gasteiger partial charge in [-0.05, 0) is 42.9 Å². The van der Waals surface area contributed by atoms with Crippen molar-refractivity contribution in [2.75, 3.05) is 40.4 Å². The molecule has 1 aliphatic carbocycles. The lowest BCUT2D eigenvalue weighted by Crippen LogP contribution is -2.40. The number of guanidine groups is 1. The average molecular weight is 488 g/mol. The Morgan fingerprint density at radius 1 is 1.33 bits per heavy atom. The van der Waals surface area contributed by atoms with Gasteiger partial charge in [0.05, 0.1) is 6.61 Å². The van der Waals surface area contributed by atoms with E-state index in [-0.39, 0.29) is 29.9 Å². The zero-order valence-corrected chi connectivity index (χ0v) is 19.0. The Hall–Kier alpha value is -1.35. The maximum atomic E-state index is 12.1. The highest BCUT2D eigenvalue weighted by molar-refractivity contribution is 14.0. The van der Waals surface area contributed by atoms with Gasteiger partial charge < -0.3 is 20.3 Å². The summed E-state index contributed by atoms with van der Waals surface area (Å²) in [4.78, 5) is 18.5. The Balaban J connectivity index is 0.00000364. The van der Waals surface area contributed by atoms with Crippen LogP contribution in [0.4, 0.5) is 0 Å². The molecule has 0 spiro atoms. The Bertz CT molecular complexity index is 605. The zero-order chi connectivity index (χ0) is 18.8. The fourth-order valence-corrected chi connectivity index (χ4v) is 2.57. The number of likely N-dealkylation sites (N-methyl/N-ethyl adjacent to an activating group) is 1. The van der Waals surface area contributed by atoms with Crippen LogP contribution in [0.15, 0.2) is 29.3 Å². The van der Waals surface area contributed by atoms with Gasteiger partial charge in [0.25, 0.3) is 5.91 Å². The highest BCUT2D eigenvalue weighted by Crippen LogP contribution is 2.28. The van der Waals surface area contributed by atoms with Gasteiger partial charge in [0.15, 0.2) is 5.96 Å². The number of hydrogen-bond acceptors (Lipinski definition) is 3. The number of benzene rings is 1. The van der Waals surface area contributed by atoms with Gasteiger partial charge in [-0.2, -0.15) is 0 Å². The van der Waals surface area contributed by atoms with Crippen molar-refractivity contribution >= 4 is 35.8 Å². The van der Waals surface area contributed by atoms with Crippen LogP contribution in [-0.2, 0) is 11.3 Å². The molecule has 0 aromatic heterocycles. The first kappa shape index (κ1) is 23.7. The molecule has 152 valence electrons. The van der Waals surface area contributed by atoms with E-state index >= 15 is 0 Å². The molecule has 0 aliphatic heterocycles. The predicted octanol–water partition coefficient (Wildman–Crippen LogP) is 2.88. The number of aliphatic imine (C=N–C) groups is 1. The van der Waals surface area contributed by atoms with E-state index in [1.807, 2.05) is 38.2 Å². The van der Waals surface area contributed by atoms with Gasteiger partial charge >= 0.3 is 0 Å². The second-order valence-electron chi connectivity index (χ2n) is 6.80. The van der Waals surface area contributed by atoms with Crippen molar-refractivity contribution in [3.05, 3.63) is 35.4 Å². The standard InChI is InChI=1S/C20H32N4O2.HI/c1-4-10-22-19(25)18-7-5-6-17(13-18)14-23-20(21-2)24(3)11-12-26-15-16-8-9-16;/h5-7,13,16H,4,8-12,14-15H2,1-3H3,(H,21,23)(H,22,25);1H. The Morgan fingerprint density at radius 3 is 2.78 bits per heavy atom. The van der Waals surface area contributed by atoms with Gasteiger partial charge in [-0.3, -0.25) is 9.79 Å². The van der Waals surface area contributed by atoms with Crippen molar-refractivity contribution in [3.63, 3.8) is 0 Å². The summed E-state index contributed by atoms with van der Waals surface area (Å²) in [7, 11) is 3.78. The smallest absolute Gasteiger partial charge is 0.251 e. The molecule has 1 amide bonds. The summed E-state index contributed by atoms with van der Waals surface area (Å²) in [6.45, 7) is 5.75. The van der Waals surface area contributed by atoms with Crippen molar-refractivity contribution in [2.24, 2.45) is 10.9 Å². The molecule has 1 saturated carbocycles. The number of halogens is 1. The first-order valence-corrected chi connectivity index (χ1v) is 9.50. The Labute approximate surface area is 180 Å². The highest BCUT2D eigenvalue weighted by Gasteiger charge is 2.21. The van der Waals surface area contributed by atoms with E-state index in [0.29, 0.717) is 25.3 Å². The molecule has 0 atom stereocenters. The van der Waals surface area contributed by atoms with Crippen LogP contribution in [-0.4, -0.2) is 57.2 Å². The first-order valence-electron chi connectivity index (χ1n) is 9.50. The lowest BCUT2D eigenvalue weighted by Gasteiger charge is -2.22. The molecule has 0 unspecified atom stereocenters. The highest BCUT2D eigenvalue weighted by atomic mass is 127. The Morgan fingerprint density at radius 2 is 2.11 bits per heavy atom. The minimum absolute atomic E-state index is 0. The second-order valence-corrected chi connectivity index (χ2v) is 6.80. The monoisotopic (exact) mass is 488 g/mol. The van der Waals surface area contributed by atoms with Crippen molar-refractivity contribution in [2.45, 2.75) is 32.7 Å². The van der Waals surface area contributed by atoms with E-state index in [1.165, 1.54) is 12.8 Å². The number of nitrogens with zero attached hydrogens (tertiary/aromatic N) is 2. The van der Waals surface area contributed by atoms with Crippen molar-refractivity contribution in [1.29, 1.82) is 0 Å². The van der Waals surface area contributed by atoms with E-state index in [0.717, 1.165) is 37.0 Å². The summed E-state index contributed by atoms with van der Waals surface area (Å²) in [6, 6.07) is 7.68. The lowest BCUT2D eigenvalue weighted by atomic mass is 10.1. The van der Waals surface area contributed by atoms with E-state index < -0.39 is 0 Å². The van der Waals surface area contributed by atoms with Crippen LogP contribution in [0.1, 0.15) is 42.1 Å². The molecule has 2 N–H and O–H groups in total. The number of carbonyl (C=O) groups excluding carboxylic acids is 1. The van der Waals surface area contributed by atoms with Crippen LogP contribution in [0.25, 0.3) is 0 Å². The summed E-state index contributed by atoms with van der Waals surface area (Å²) in [5.74, 6) is 1.59. The number of nitrogens with one attached hydrogen (secondary N) is 2. The third-order valence-electron chi connectivity index (χ3n) is 4.37.